The van der Waals surface area contributed by atoms with E-state index in [2.05, 4.69) is 124 Å². The summed E-state index contributed by atoms with van der Waals surface area (Å²) in [7, 11) is 2.08. The fourth-order valence-corrected chi connectivity index (χ4v) is 5.47. The van der Waals surface area contributed by atoms with Gasteiger partial charge in [-0.3, -0.25) is 0 Å². The third kappa shape index (κ3) is 4.19. The minimum atomic E-state index is 0.424. The van der Waals surface area contributed by atoms with Gasteiger partial charge in [-0.2, -0.15) is 5.26 Å². The Morgan fingerprint density at radius 1 is 0.718 bits per heavy atom. The molecule has 6 aromatic rings. The van der Waals surface area contributed by atoms with Crippen LogP contribution in [0.1, 0.15) is 42.0 Å². The number of aromatic nitrogens is 1. The molecule has 39 heavy (non-hydrogen) atoms. The first kappa shape index (κ1) is 24.6. The molecule has 2 aromatic heterocycles. The second-order valence-electron chi connectivity index (χ2n) is 10.8. The van der Waals surface area contributed by atoms with E-state index >= 15 is 0 Å². The van der Waals surface area contributed by atoms with Gasteiger partial charge >= 0.3 is 0 Å². The molecule has 0 amide bonds. The Bertz CT molecular complexity index is 1900. The predicted molar refractivity (Wildman–Crippen MR) is 159 cm³/mol. The van der Waals surface area contributed by atoms with E-state index in [0.717, 1.165) is 55.4 Å². The maximum absolute atomic E-state index is 10.1. The predicted octanol–water partition coefficient (Wildman–Crippen LogP) is 9.02. The Morgan fingerprint density at radius 3 is 1.95 bits per heavy atom. The molecule has 0 unspecified atom stereocenters. The van der Waals surface area contributed by atoms with Gasteiger partial charge in [0.05, 0.1) is 17.2 Å². The van der Waals surface area contributed by atoms with E-state index in [1.807, 2.05) is 12.1 Å². The summed E-state index contributed by atoms with van der Waals surface area (Å²) < 4.78 is 8.92. The molecule has 6 rings (SSSR count). The Morgan fingerprint density at radius 2 is 1.31 bits per heavy atom. The van der Waals surface area contributed by atoms with Crippen LogP contribution in [0.4, 0.5) is 0 Å². The van der Waals surface area contributed by atoms with E-state index in [1.54, 1.807) is 0 Å². The second-order valence-corrected chi connectivity index (χ2v) is 10.8. The van der Waals surface area contributed by atoms with Crippen molar-refractivity contribution in [1.29, 1.82) is 5.26 Å². The number of rotatable bonds is 4. The molecule has 0 aliphatic heterocycles. The van der Waals surface area contributed by atoms with Crippen molar-refractivity contribution < 1.29 is 8.98 Å². The van der Waals surface area contributed by atoms with Crippen LogP contribution in [0.25, 0.3) is 55.4 Å². The zero-order valence-corrected chi connectivity index (χ0v) is 23.0. The van der Waals surface area contributed by atoms with E-state index in [0.29, 0.717) is 11.5 Å². The Balaban J connectivity index is 1.58. The maximum Gasteiger partial charge on any atom is 0.216 e. The summed E-state index contributed by atoms with van der Waals surface area (Å²) in [5.74, 6) is 0.424. The van der Waals surface area contributed by atoms with Crippen LogP contribution >= 0.6 is 0 Å². The first-order valence-corrected chi connectivity index (χ1v) is 13.4. The van der Waals surface area contributed by atoms with Crippen molar-refractivity contribution in [3.63, 3.8) is 0 Å². The van der Waals surface area contributed by atoms with Crippen LogP contribution in [0.3, 0.4) is 0 Å². The highest BCUT2D eigenvalue weighted by Gasteiger charge is 2.24. The average molecular weight is 508 g/mol. The lowest BCUT2D eigenvalue weighted by Crippen LogP contribution is -2.31. The first-order valence-electron chi connectivity index (χ1n) is 13.4. The number of aryl methyl sites for hydroxylation is 3. The Hall–Kier alpha value is -4.68. The van der Waals surface area contributed by atoms with Crippen LogP contribution in [0, 0.1) is 25.2 Å². The summed E-state index contributed by atoms with van der Waals surface area (Å²) in [5.41, 5.74) is 12.2. The molecule has 0 spiro atoms. The van der Waals surface area contributed by atoms with Gasteiger partial charge in [-0.15, -0.1) is 0 Å². The lowest BCUT2D eigenvalue weighted by atomic mass is 9.94. The molecule has 3 heteroatoms. The molecule has 0 aliphatic carbocycles. The molecule has 190 valence electrons. The quantitative estimate of drug-likeness (QED) is 0.223. The number of fused-ring (bicyclic) bond motifs is 3. The molecule has 0 atom stereocenters. The SMILES string of the molecule is Cc1ccc(-c2ccc(-c3c(C#N)ccc4c3oc3c(-c5cc(C(C)C)cc[n+]5C)c(C)ccc34)cc2)cc1. The average Bonchev–Trinajstić information content (AvgIpc) is 3.32. The molecule has 0 bridgehead atoms. The molecule has 0 saturated heterocycles. The van der Waals surface area contributed by atoms with Crippen LogP contribution in [0.5, 0.6) is 0 Å². The normalized spacial score (nSPS) is 11.4. The van der Waals surface area contributed by atoms with Crippen molar-refractivity contribution in [3.05, 3.63) is 113 Å². The summed E-state index contributed by atoms with van der Waals surface area (Å²) in [4.78, 5) is 0. The van der Waals surface area contributed by atoms with Gasteiger partial charge in [0.25, 0.3) is 0 Å². The van der Waals surface area contributed by atoms with Gasteiger partial charge in [0, 0.05) is 28.5 Å². The van der Waals surface area contributed by atoms with Crippen molar-refractivity contribution >= 4 is 21.9 Å². The van der Waals surface area contributed by atoms with Crippen molar-refractivity contribution in [1.82, 2.24) is 0 Å². The number of nitriles is 1. The number of hydrogen-bond donors (Lipinski definition) is 0. The zero-order valence-electron chi connectivity index (χ0n) is 23.0. The van der Waals surface area contributed by atoms with E-state index in [9.17, 15) is 5.26 Å². The third-order valence-corrected chi connectivity index (χ3v) is 7.79. The summed E-state index contributed by atoms with van der Waals surface area (Å²) >= 11 is 0. The van der Waals surface area contributed by atoms with Crippen LogP contribution in [0.15, 0.2) is 95.5 Å². The van der Waals surface area contributed by atoms with Gasteiger partial charge in [0.15, 0.2) is 6.20 Å². The standard InChI is InChI=1S/C36H31N2O/c1-22(2)28-18-19-38(5)32(20-28)33-24(4)8-16-30-31-17-15-29(21-37)34(36(31)39-35(30)33)27-13-11-26(12-14-27)25-9-6-23(3)7-10-25/h6-20,22H,1-5H3/q+1. The lowest BCUT2D eigenvalue weighted by molar-refractivity contribution is -0.660. The number of furan rings is 1. The van der Waals surface area contributed by atoms with Crippen molar-refractivity contribution in [2.24, 2.45) is 7.05 Å². The van der Waals surface area contributed by atoms with Gasteiger partial charge in [-0.25, -0.2) is 4.57 Å². The van der Waals surface area contributed by atoms with E-state index in [4.69, 9.17) is 4.42 Å². The molecular weight excluding hydrogens is 476 g/mol. The summed E-state index contributed by atoms with van der Waals surface area (Å²) in [5, 5.41) is 12.2. The third-order valence-electron chi connectivity index (χ3n) is 7.79. The van der Waals surface area contributed by atoms with Crippen LogP contribution in [-0.2, 0) is 7.05 Å². The molecule has 2 heterocycles. The van der Waals surface area contributed by atoms with E-state index in [1.165, 1.54) is 16.7 Å². The lowest BCUT2D eigenvalue weighted by Gasteiger charge is -2.09. The zero-order chi connectivity index (χ0) is 27.3. The van der Waals surface area contributed by atoms with Crippen LogP contribution in [-0.4, -0.2) is 0 Å². The summed E-state index contributed by atoms with van der Waals surface area (Å²) in [6.07, 6.45) is 2.13. The molecule has 0 saturated carbocycles. The molecule has 4 aromatic carbocycles. The van der Waals surface area contributed by atoms with Gasteiger partial charge < -0.3 is 4.42 Å². The number of nitrogens with zero attached hydrogens (tertiary/aromatic N) is 2. The highest BCUT2D eigenvalue weighted by molar-refractivity contribution is 6.14. The highest BCUT2D eigenvalue weighted by atomic mass is 16.3. The maximum atomic E-state index is 10.1. The Kier molecular flexibility index (Phi) is 6.04. The number of benzene rings is 4. The van der Waals surface area contributed by atoms with Crippen LogP contribution < -0.4 is 4.57 Å². The molecule has 3 nitrogen and oxygen atoms in total. The first-order chi connectivity index (χ1) is 18.9. The minimum absolute atomic E-state index is 0.424. The molecular formula is C36H31N2O+. The smallest absolute Gasteiger partial charge is 0.216 e. The van der Waals surface area contributed by atoms with Crippen molar-refractivity contribution in [2.45, 2.75) is 33.6 Å². The molecule has 0 fully saturated rings. The minimum Gasteiger partial charge on any atom is -0.454 e. The number of pyridine rings is 1. The van der Waals surface area contributed by atoms with Crippen LogP contribution in [0.2, 0.25) is 0 Å². The van der Waals surface area contributed by atoms with Gasteiger partial charge in [-0.1, -0.05) is 80.1 Å². The molecule has 0 aliphatic rings. The van der Waals surface area contributed by atoms with Gasteiger partial charge in [0.2, 0.25) is 5.69 Å². The largest absolute Gasteiger partial charge is 0.454 e. The van der Waals surface area contributed by atoms with Gasteiger partial charge in [-0.05, 0) is 59.7 Å². The molecule has 0 radical (unpaired) electrons. The Labute approximate surface area is 229 Å². The molecule has 0 N–H and O–H groups in total. The van der Waals surface area contributed by atoms with E-state index in [-0.39, 0.29) is 0 Å². The summed E-state index contributed by atoms with van der Waals surface area (Å²) in [6.45, 7) is 8.66. The van der Waals surface area contributed by atoms with E-state index < -0.39 is 0 Å². The fraction of sp³-hybridized carbons (Fsp3) is 0.167. The highest BCUT2D eigenvalue weighted by Crippen LogP contribution is 2.42. The van der Waals surface area contributed by atoms with Crippen molar-refractivity contribution in [3.8, 4) is 39.6 Å². The second kappa shape index (κ2) is 9.57. The van der Waals surface area contributed by atoms with Crippen molar-refractivity contribution in [2.75, 3.05) is 0 Å². The topological polar surface area (TPSA) is 40.8 Å². The fourth-order valence-electron chi connectivity index (χ4n) is 5.47. The number of hydrogen-bond acceptors (Lipinski definition) is 2. The van der Waals surface area contributed by atoms with Gasteiger partial charge in [0.1, 0.15) is 18.2 Å². The summed E-state index contributed by atoms with van der Waals surface area (Å²) in [6, 6.07) is 32.1. The monoisotopic (exact) mass is 507 g/mol.